The van der Waals surface area contributed by atoms with Gasteiger partial charge in [-0.1, -0.05) is 90.4 Å². The van der Waals surface area contributed by atoms with Crippen molar-refractivity contribution < 1.29 is 14.4 Å². The number of hydrogen-bond donors (Lipinski definition) is 3. The Hall–Kier alpha value is -1.27. The molecule has 5 N–H and O–H groups in total. The lowest BCUT2D eigenvalue weighted by Gasteiger charge is -2.15. The van der Waals surface area contributed by atoms with Gasteiger partial charge in [-0.05, 0) is 32.2 Å². The molecule has 188 valence electrons. The minimum Gasteiger partial charge on any atom is -0.356 e. The van der Waals surface area contributed by atoms with Gasteiger partial charge in [0.2, 0.25) is 5.91 Å². The number of nitrogens with two attached hydrogens (primary N) is 2. The molecule has 1 amide bonds. The number of amides is 1. The fraction of sp³-hybridized carbons (Fsp3) is 0.885. The van der Waals surface area contributed by atoms with E-state index < -0.39 is 12.0 Å². The maximum absolute atomic E-state index is 12.3. The normalized spacial score (nSPS) is 13.0. The second-order valence-corrected chi connectivity index (χ2v) is 9.17. The number of carbonyl (C=O) groups is 3. The van der Waals surface area contributed by atoms with E-state index in [1.165, 1.54) is 70.6 Å². The summed E-state index contributed by atoms with van der Waals surface area (Å²) in [6, 6.07) is -0.627. The van der Waals surface area contributed by atoms with E-state index >= 15 is 0 Å². The van der Waals surface area contributed by atoms with E-state index in [4.69, 9.17) is 11.5 Å². The third-order valence-electron chi connectivity index (χ3n) is 6.15. The Morgan fingerprint density at radius 3 is 1.81 bits per heavy atom. The first kappa shape index (κ1) is 30.7. The molecule has 2 atom stereocenters. The summed E-state index contributed by atoms with van der Waals surface area (Å²) in [7, 11) is 0. The quantitative estimate of drug-likeness (QED) is 0.110. The van der Waals surface area contributed by atoms with Crippen molar-refractivity contribution >= 4 is 18.0 Å². The molecule has 6 heteroatoms. The van der Waals surface area contributed by atoms with Crippen molar-refractivity contribution in [1.29, 1.82) is 0 Å². The summed E-state index contributed by atoms with van der Waals surface area (Å²) < 4.78 is 0. The molecular formula is C26H51N3O3. The third-order valence-corrected chi connectivity index (χ3v) is 6.15. The van der Waals surface area contributed by atoms with E-state index in [2.05, 4.69) is 12.2 Å². The number of ketones is 1. The molecule has 0 fully saturated rings. The van der Waals surface area contributed by atoms with Gasteiger partial charge in [-0.15, -0.1) is 0 Å². The van der Waals surface area contributed by atoms with Gasteiger partial charge in [0.05, 0.1) is 12.0 Å². The number of Topliss-reactive ketones (excluding diaryl/α,β-unsaturated/α-hetero) is 1. The van der Waals surface area contributed by atoms with Crippen molar-refractivity contribution in [1.82, 2.24) is 5.32 Å². The Balaban J connectivity index is 3.62. The standard InChI is InChI=1S/C26H51N3O3/c1-2-3-4-5-6-7-8-9-10-11-12-13-14-18-25(31)29-21-19-23(22-30)26(32)24(28)17-15-16-20-27/h22-24H,2-21,27-28H2,1H3,(H,29,31)/t23?,24-/m0/s1. The van der Waals surface area contributed by atoms with E-state index in [0.717, 1.165) is 25.7 Å². The maximum Gasteiger partial charge on any atom is 0.219 e. The third kappa shape index (κ3) is 18.3. The molecule has 0 heterocycles. The molecular weight excluding hydrogens is 402 g/mol. The molecule has 0 bridgehead atoms. The molecule has 0 aliphatic heterocycles. The van der Waals surface area contributed by atoms with Crippen molar-refractivity contribution in [3.05, 3.63) is 0 Å². The average molecular weight is 454 g/mol. The highest BCUT2D eigenvalue weighted by molar-refractivity contribution is 5.96. The second kappa shape index (κ2) is 22.9. The van der Waals surface area contributed by atoms with Crippen LogP contribution in [-0.4, -0.2) is 37.1 Å². The lowest BCUT2D eigenvalue weighted by atomic mass is 9.93. The predicted octanol–water partition coefficient (Wildman–Crippen LogP) is 4.81. The molecule has 0 aliphatic rings. The smallest absolute Gasteiger partial charge is 0.219 e. The molecule has 0 saturated carbocycles. The molecule has 0 saturated heterocycles. The van der Waals surface area contributed by atoms with Crippen LogP contribution in [0.5, 0.6) is 0 Å². The van der Waals surface area contributed by atoms with Crippen LogP contribution in [0.4, 0.5) is 0 Å². The van der Waals surface area contributed by atoms with E-state index in [1.54, 1.807) is 0 Å². The average Bonchev–Trinajstić information content (AvgIpc) is 2.79. The van der Waals surface area contributed by atoms with Crippen molar-refractivity contribution in [2.24, 2.45) is 17.4 Å². The number of aldehydes is 1. The van der Waals surface area contributed by atoms with Gasteiger partial charge in [-0.2, -0.15) is 0 Å². The second-order valence-electron chi connectivity index (χ2n) is 9.17. The van der Waals surface area contributed by atoms with Crippen LogP contribution in [0.1, 0.15) is 122 Å². The van der Waals surface area contributed by atoms with Crippen LogP contribution in [0.3, 0.4) is 0 Å². The molecule has 1 unspecified atom stereocenters. The molecule has 0 spiro atoms. The summed E-state index contributed by atoms with van der Waals surface area (Å²) in [4.78, 5) is 35.5. The van der Waals surface area contributed by atoms with Gasteiger partial charge in [0.25, 0.3) is 0 Å². The predicted molar refractivity (Wildman–Crippen MR) is 133 cm³/mol. The Bertz CT molecular complexity index is 471. The minimum absolute atomic E-state index is 0.00239. The number of unbranched alkanes of at least 4 members (excludes halogenated alkanes) is 13. The molecule has 0 aromatic rings. The van der Waals surface area contributed by atoms with Gasteiger partial charge in [-0.3, -0.25) is 9.59 Å². The largest absolute Gasteiger partial charge is 0.356 e. The number of carbonyl (C=O) groups excluding carboxylic acids is 3. The number of nitrogens with one attached hydrogen (secondary N) is 1. The SMILES string of the molecule is CCCCCCCCCCCCCCCC(=O)NCCC(C=O)C(=O)[C@@H](N)CCCCN. The van der Waals surface area contributed by atoms with Crippen LogP contribution in [0.15, 0.2) is 0 Å². The van der Waals surface area contributed by atoms with Gasteiger partial charge in [-0.25, -0.2) is 0 Å². The lowest BCUT2D eigenvalue weighted by Crippen LogP contribution is -2.38. The van der Waals surface area contributed by atoms with Gasteiger partial charge >= 0.3 is 0 Å². The van der Waals surface area contributed by atoms with Crippen molar-refractivity contribution in [2.45, 2.75) is 129 Å². The monoisotopic (exact) mass is 453 g/mol. The van der Waals surface area contributed by atoms with E-state index in [1.807, 2.05) is 0 Å². The highest BCUT2D eigenvalue weighted by Gasteiger charge is 2.23. The Labute approximate surface area is 197 Å². The molecule has 6 nitrogen and oxygen atoms in total. The van der Waals surface area contributed by atoms with Crippen molar-refractivity contribution in [3.63, 3.8) is 0 Å². The topological polar surface area (TPSA) is 115 Å². The maximum atomic E-state index is 12.3. The van der Waals surface area contributed by atoms with Crippen LogP contribution in [0.25, 0.3) is 0 Å². The van der Waals surface area contributed by atoms with Crippen LogP contribution in [-0.2, 0) is 14.4 Å². The Morgan fingerprint density at radius 2 is 1.31 bits per heavy atom. The zero-order valence-corrected chi connectivity index (χ0v) is 20.8. The Kier molecular flexibility index (Phi) is 22.0. The first-order chi connectivity index (χ1) is 15.6. The summed E-state index contributed by atoms with van der Waals surface area (Å²) in [5.74, 6) is -0.973. The molecule has 32 heavy (non-hydrogen) atoms. The van der Waals surface area contributed by atoms with Gasteiger partial charge < -0.3 is 21.6 Å². The van der Waals surface area contributed by atoms with Crippen LogP contribution in [0, 0.1) is 5.92 Å². The molecule has 0 rings (SSSR count). The van der Waals surface area contributed by atoms with E-state index in [0.29, 0.717) is 38.6 Å². The summed E-state index contributed by atoms with van der Waals surface area (Å²) in [6.07, 6.45) is 20.3. The molecule has 0 aliphatic carbocycles. The highest BCUT2D eigenvalue weighted by Crippen LogP contribution is 2.13. The highest BCUT2D eigenvalue weighted by atomic mass is 16.2. The zero-order chi connectivity index (χ0) is 23.9. The summed E-state index contributed by atoms with van der Waals surface area (Å²) in [5.41, 5.74) is 11.3. The summed E-state index contributed by atoms with van der Waals surface area (Å²) >= 11 is 0. The fourth-order valence-electron chi connectivity index (χ4n) is 3.96. The van der Waals surface area contributed by atoms with Crippen LogP contribution < -0.4 is 16.8 Å². The molecule has 0 aromatic carbocycles. The van der Waals surface area contributed by atoms with E-state index in [9.17, 15) is 14.4 Å². The van der Waals surface area contributed by atoms with Gasteiger partial charge in [0.15, 0.2) is 5.78 Å². The number of rotatable bonds is 24. The van der Waals surface area contributed by atoms with Crippen LogP contribution in [0.2, 0.25) is 0 Å². The van der Waals surface area contributed by atoms with Crippen molar-refractivity contribution in [3.8, 4) is 0 Å². The fourth-order valence-corrected chi connectivity index (χ4v) is 3.96. The Morgan fingerprint density at radius 1 is 0.781 bits per heavy atom. The lowest BCUT2D eigenvalue weighted by molar-refractivity contribution is -0.129. The molecule has 0 radical (unpaired) electrons. The van der Waals surface area contributed by atoms with Gasteiger partial charge in [0, 0.05) is 13.0 Å². The molecule has 0 aromatic heterocycles. The first-order valence-corrected chi connectivity index (χ1v) is 13.3. The zero-order valence-electron chi connectivity index (χ0n) is 20.8. The van der Waals surface area contributed by atoms with Crippen LogP contribution >= 0.6 is 0 Å². The minimum atomic E-state index is -0.737. The van der Waals surface area contributed by atoms with Crippen molar-refractivity contribution in [2.75, 3.05) is 13.1 Å². The summed E-state index contributed by atoms with van der Waals surface area (Å²) in [5, 5.41) is 2.83. The summed E-state index contributed by atoms with van der Waals surface area (Å²) in [6.45, 7) is 3.16. The van der Waals surface area contributed by atoms with Gasteiger partial charge in [0.1, 0.15) is 6.29 Å². The van der Waals surface area contributed by atoms with E-state index in [-0.39, 0.29) is 11.7 Å². The first-order valence-electron chi connectivity index (χ1n) is 13.3. The number of hydrogen-bond acceptors (Lipinski definition) is 5.